The zero-order valence-corrected chi connectivity index (χ0v) is 9.62. The Kier molecular flexibility index (Phi) is 3.60. The monoisotopic (exact) mass is 229 g/mol. The molecule has 4 N–H and O–H groups in total. The molecule has 84 valence electrons. The lowest BCUT2D eigenvalue weighted by molar-refractivity contribution is 0.132. The van der Waals surface area contributed by atoms with Gasteiger partial charge in [0.1, 0.15) is 5.75 Å². The molecule has 1 aromatic carbocycles. The van der Waals surface area contributed by atoms with Crippen molar-refractivity contribution in [2.45, 2.75) is 19.9 Å². The van der Waals surface area contributed by atoms with E-state index >= 15 is 0 Å². The van der Waals surface area contributed by atoms with Gasteiger partial charge in [-0.15, -0.1) is 0 Å². The molecule has 0 aromatic heterocycles. The van der Waals surface area contributed by atoms with Crippen molar-refractivity contribution in [1.82, 2.24) is 0 Å². The molecule has 0 saturated carbocycles. The Hall–Kier alpha value is -0.770. The third kappa shape index (κ3) is 2.62. The highest BCUT2D eigenvalue weighted by Crippen LogP contribution is 2.34. The van der Waals surface area contributed by atoms with Crippen molar-refractivity contribution >= 4 is 11.6 Å². The van der Waals surface area contributed by atoms with Crippen LogP contribution in [0.3, 0.4) is 0 Å². The van der Waals surface area contributed by atoms with Crippen molar-refractivity contribution in [2.75, 3.05) is 6.61 Å². The predicted octanol–water partition coefficient (Wildman–Crippen LogP) is 2.06. The molecule has 0 saturated heterocycles. The standard InChI is InChI=1S/C11H16ClNO2/c1-11(2,6-14)10(13)7-3-4-9(15)8(12)5-7/h3-5,10,14-15H,6,13H2,1-2H3/t10-/m0/s1. The molecule has 0 aliphatic heterocycles. The lowest BCUT2D eigenvalue weighted by atomic mass is 9.82. The van der Waals surface area contributed by atoms with Gasteiger partial charge in [-0.3, -0.25) is 0 Å². The first-order valence-corrected chi connectivity index (χ1v) is 5.11. The van der Waals surface area contributed by atoms with Crippen molar-refractivity contribution in [3.63, 3.8) is 0 Å². The zero-order chi connectivity index (χ0) is 11.6. The highest BCUT2D eigenvalue weighted by atomic mass is 35.5. The van der Waals surface area contributed by atoms with Crippen LogP contribution in [0.2, 0.25) is 5.02 Å². The molecule has 4 heteroatoms. The fourth-order valence-corrected chi connectivity index (χ4v) is 1.46. The smallest absolute Gasteiger partial charge is 0.134 e. The Labute approximate surface area is 94.5 Å². The Morgan fingerprint density at radius 1 is 1.47 bits per heavy atom. The average molecular weight is 230 g/mol. The fourth-order valence-electron chi connectivity index (χ4n) is 1.27. The molecular weight excluding hydrogens is 214 g/mol. The minimum Gasteiger partial charge on any atom is -0.506 e. The second-order valence-corrected chi connectivity index (χ2v) is 4.74. The zero-order valence-electron chi connectivity index (χ0n) is 8.87. The maximum absolute atomic E-state index is 9.26. The molecule has 3 nitrogen and oxygen atoms in total. The van der Waals surface area contributed by atoms with Crippen LogP contribution in [0.5, 0.6) is 5.75 Å². The molecule has 0 aliphatic rings. The summed E-state index contributed by atoms with van der Waals surface area (Å²) in [6.07, 6.45) is 0. The summed E-state index contributed by atoms with van der Waals surface area (Å²) in [5.41, 5.74) is 6.39. The number of phenols is 1. The summed E-state index contributed by atoms with van der Waals surface area (Å²) in [6.45, 7) is 3.74. The summed E-state index contributed by atoms with van der Waals surface area (Å²) >= 11 is 5.78. The van der Waals surface area contributed by atoms with Crippen LogP contribution in [0.15, 0.2) is 18.2 Å². The number of hydrogen-bond acceptors (Lipinski definition) is 3. The van der Waals surface area contributed by atoms with Crippen LogP contribution in [-0.4, -0.2) is 16.8 Å². The van der Waals surface area contributed by atoms with E-state index in [2.05, 4.69) is 0 Å². The number of halogens is 1. The van der Waals surface area contributed by atoms with Crippen LogP contribution in [-0.2, 0) is 0 Å². The SMILES string of the molecule is CC(C)(CO)[C@@H](N)c1ccc(O)c(Cl)c1. The Balaban J connectivity index is 3.02. The van der Waals surface area contributed by atoms with E-state index in [1.54, 1.807) is 12.1 Å². The van der Waals surface area contributed by atoms with Crippen molar-refractivity contribution in [3.8, 4) is 5.75 Å². The second-order valence-electron chi connectivity index (χ2n) is 4.34. The topological polar surface area (TPSA) is 66.5 Å². The maximum Gasteiger partial charge on any atom is 0.134 e. The van der Waals surface area contributed by atoms with Crippen molar-refractivity contribution in [1.29, 1.82) is 0 Å². The molecular formula is C11H16ClNO2. The van der Waals surface area contributed by atoms with Crippen LogP contribution in [0.1, 0.15) is 25.5 Å². The first kappa shape index (κ1) is 12.3. The van der Waals surface area contributed by atoms with Gasteiger partial charge >= 0.3 is 0 Å². The number of nitrogens with two attached hydrogens (primary N) is 1. The number of hydrogen-bond donors (Lipinski definition) is 3. The van der Waals surface area contributed by atoms with Gasteiger partial charge in [0.2, 0.25) is 0 Å². The van der Waals surface area contributed by atoms with Gasteiger partial charge in [0.25, 0.3) is 0 Å². The summed E-state index contributed by atoms with van der Waals surface area (Å²) in [6, 6.07) is 4.52. The van der Waals surface area contributed by atoms with E-state index in [1.807, 2.05) is 13.8 Å². The summed E-state index contributed by atoms with van der Waals surface area (Å²) in [4.78, 5) is 0. The largest absolute Gasteiger partial charge is 0.506 e. The fraction of sp³-hybridized carbons (Fsp3) is 0.455. The molecule has 0 bridgehead atoms. The minimum atomic E-state index is -0.416. The van der Waals surface area contributed by atoms with Crippen molar-refractivity contribution in [2.24, 2.45) is 11.1 Å². The van der Waals surface area contributed by atoms with Gasteiger partial charge in [0.05, 0.1) is 5.02 Å². The highest BCUT2D eigenvalue weighted by molar-refractivity contribution is 6.32. The van der Waals surface area contributed by atoms with Gasteiger partial charge in [0.15, 0.2) is 0 Å². The Bertz CT molecular complexity index is 352. The Morgan fingerprint density at radius 3 is 2.53 bits per heavy atom. The molecule has 0 heterocycles. The first-order valence-electron chi connectivity index (χ1n) is 4.73. The number of aliphatic hydroxyl groups excluding tert-OH is 1. The van der Waals surface area contributed by atoms with E-state index in [4.69, 9.17) is 17.3 Å². The quantitative estimate of drug-likeness (QED) is 0.743. The van der Waals surface area contributed by atoms with E-state index in [0.29, 0.717) is 0 Å². The van der Waals surface area contributed by atoms with E-state index in [0.717, 1.165) is 5.56 Å². The number of benzene rings is 1. The van der Waals surface area contributed by atoms with Gasteiger partial charge in [-0.1, -0.05) is 31.5 Å². The van der Waals surface area contributed by atoms with Crippen LogP contribution in [0.25, 0.3) is 0 Å². The molecule has 0 unspecified atom stereocenters. The number of rotatable bonds is 3. The lowest BCUT2D eigenvalue weighted by Crippen LogP contribution is -2.32. The first-order chi connectivity index (χ1) is 6.88. The normalized spacial score (nSPS) is 13.9. The van der Waals surface area contributed by atoms with Gasteiger partial charge in [-0.25, -0.2) is 0 Å². The molecule has 0 amide bonds. The predicted molar refractivity (Wildman–Crippen MR) is 60.9 cm³/mol. The van der Waals surface area contributed by atoms with Gasteiger partial charge in [0, 0.05) is 18.1 Å². The molecule has 0 radical (unpaired) electrons. The summed E-state index contributed by atoms with van der Waals surface area (Å²) in [5, 5.41) is 18.7. The number of phenolic OH excluding ortho intramolecular Hbond substituents is 1. The number of aromatic hydroxyl groups is 1. The van der Waals surface area contributed by atoms with Crippen LogP contribution >= 0.6 is 11.6 Å². The summed E-state index contributed by atoms with van der Waals surface area (Å²) in [7, 11) is 0. The van der Waals surface area contributed by atoms with Crippen LogP contribution in [0.4, 0.5) is 0 Å². The summed E-state index contributed by atoms with van der Waals surface area (Å²) < 4.78 is 0. The van der Waals surface area contributed by atoms with E-state index < -0.39 is 5.41 Å². The van der Waals surface area contributed by atoms with Crippen LogP contribution in [0, 0.1) is 5.41 Å². The second kappa shape index (κ2) is 4.39. The van der Waals surface area contributed by atoms with Gasteiger partial charge in [-0.2, -0.15) is 0 Å². The van der Waals surface area contributed by atoms with Crippen molar-refractivity contribution < 1.29 is 10.2 Å². The van der Waals surface area contributed by atoms with E-state index in [1.165, 1.54) is 6.07 Å². The maximum atomic E-state index is 9.26. The molecule has 1 atom stereocenters. The van der Waals surface area contributed by atoms with E-state index in [9.17, 15) is 10.2 Å². The highest BCUT2D eigenvalue weighted by Gasteiger charge is 2.27. The number of aliphatic hydroxyl groups is 1. The van der Waals surface area contributed by atoms with Crippen molar-refractivity contribution in [3.05, 3.63) is 28.8 Å². The molecule has 1 rings (SSSR count). The molecule has 0 fully saturated rings. The van der Waals surface area contributed by atoms with Crippen LogP contribution < -0.4 is 5.73 Å². The Morgan fingerprint density at radius 2 is 2.07 bits per heavy atom. The third-order valence-electron chi connectivity index (χ3n) is 2.58. The third-order valence-corrected chi connectivity index (χ3v) is 2.88. The molecule has 0 aliphatic carbocycles. The van der Waals surface area contributed by atoms with Gasteiger partial charge in [-0.05, 0) is 17.7 Å². The molecule has 1 aromatic rings. The van der Waals surface area contributed by atoms with E-state index in [-0.39, 0.29) is 23.4 Å². The molecule has 0 spiro atoms. The van der Waals surface area contributed by atoms with Gasteiger partial charge < -0.3 is 15.9 Å². The summed E-state index contributed by atoms with van der Waals surface area (Å²) in [5.74, 6) is 0.0365. The molecule has 15 heavy (non-hydrogen) atoms. The minimum absolute atomic E-state index is 0.00728. The lowest BCUT2D eigenvalue weighted by Gasteiger charge is -2.29. The average Bonchev–Trinajstić information content (AvgIpc) is 2.21.